The Hall–Kier alpha value is -1.07. The third kappa shape index (κ3) is 2.54. The number of benzene rings is 1. The van der Waals surface area contributed by atoms with E-state index in [-0.39, 0.29) is 12.4 Å². The largest absolute Gasteiger partial charge is 0.506 e. The van der Waals surface area contributed by atoms with E-state index in [9.17, 15) is 15.0 Å². The summed E-state index contributed by atoms with van der Waals surface area (Å²) in [6, 6.07) is 3.19. The van der Waals surface area contributed by atoms with Crippen molar-refractivity contribution in [1.82, 2.24) is 0 Å². The van der Waals surface area contributed by atoms with Gasteiger partial charge in [0.1, 0.15) is 5.75 Å². The zero-order valence-corrected chi connectivity index (χ0v) is 10.6. The van der Waals surface area contributed by atoms with Crippen molar-refractivity contribution in [2.45, 2.75) is 20.0 Å². The standard InChI is InChI=1S/C11H13BrO4/c1-3-16-11(15)10(14)7-5-4-6(2)9(13)8(7)12/h4-5,10,13-14H,3H2,1-2H3. The molecule has 0 radical (unpaired) electrons. The zero-order chi connectivity index (χ0) is 12.3. The Morgan fingerprint density at radius 1 is 1.56 bits per heavy atom. The second-order valence-corrected chi connectivity index (χ2v) is 4.08. The molecule has 0 aromatic heterocycles. The molecule has 0 bridgehead atoms. The van der Waals surface area contributed by atoms with Gasteiger partial charge in [0.2, 0.25) is 0 Å². The molecule has 0 spiro atoms. The van der Waals surface area contributed by atoms with E-state index in [1.54, 1.807) is 26.0 Å². The minimum atomic E-state index is -1.39. The molecule has 1 atom stereocenters. The van der Waals surface area contributed by atoms with Gasteiger partial charge in [-0.2, -0.15) is 0 Å². The van der Waals surface area contributed by atoms with Crippen LogP contribution in [-0.2, 0) is 9.53 Å². The first kappa shape index (κ1) is 13.0. The fraction of sp³-hybridized carbons (Fsp3) is 0.364. The summed E-state index contributed by atoms with van der Waals surface area (Å²) in [6.07, 6.45) is -1.39. The number of hydrogen-bond donors (Lipinski definition) is 2. The number of aliphatic hydroxyl groups is 1. The summed E-state index contributed by atoms with van der Waals surface area (Å²) >= 11 is 3.13. The molecule has 16 heavy (non-hydrogen) atoms. The molecule has 1 rings (SSSR count). The van der Waals surface area contributed by atoms with Crippen molar-refractivity contribution in [1.29, 1.82) is 0 Å². The lowest BCUT2D eigenvalue weighted by atomic mass is 10.1. The molecule has 4 nitrogen and oxygen atoms in total. The van der Waals surface area contributed by atoms with Gasteiger partial charge in [0.15, 0.2) is 6.10 Å². The van der Waals surface area contributed by atoms with Crippen molar-refractivity contribution in [3.8, 4) is 5.75 Å². The summed E-state index contributed by atoms with van der Waals surface area (Å²) < 4.78 is 5.00. The lowest BCUT2D eigenvalue weighted by Gasteiger charge is -2.13. The van der Waals surface area contributed by atoms with Crippen molar-refractivity contribution < 1.29 is 19.7 Å². The van der Waals surface area contributed by atoms with E-state index in [1.807, 2.05) is 0 Å². The van der Waals surface area contributed by atoms with Crippen LogP contribution in [0.15, 0.2) is 16.6 Å². The first-order chi connectivity index (χ1) is 7.49. The first-order valence-corrected chi connectivity index (χ1v) is 5.61. The van der Waals surface area contributed by atoms with Crippen LogP contribution in [0.5, 0.6) is 5.75 Å². The van der Waals surface area contributed by atoms with Gasteiger partial charge in [-0.15, -0.1) is 0 Å². The number of carbonyl (C=O) groups excluding carboxylic acids is 1. The van der Waals surface area contributed by atoms with Crippen LogP contribution in [0.1, 0.15) is 24.2 Å². The Balaban J connectivity index is 3.05. The average molecular weight is 289 g/mol. The minimum Gasteiger partial charge on any atom is -0.506 e. The number of hydrogen-bond acceptors (Lipinski definition) is 4. The van der Waals surface area contributed by atoms with Crippen LogP contribution in [-0.4, -0.2) is 22.8 Å². The predicted molar refractivity (Wildman–Crippen MR) is 62.1 cm³/mol. The number of phenolic OH excluding ortho intramolecular Hbond substituents is 1. The summed E-state index contributed by atoms with van der Waals surface area (Å²) in [5.74, 6) is -0.715. The third-order valence-electron chi connectivity index (χ3n) is 2.15. The SMILES string of the molecule is CCOC(=O)C(O)c1ccc(C)c(O)c1Br. The van der Waals surface area contributed by atoms with Gasteiger partial charge in [0.05, 0.1) is 11.1 Å². The third-order valence-corrected chi connectivity index (χ3v) is 2.99. The molecule has 0 amide bonds. The first-order valence-electron chi connectivity index (χ1n) is 4.81. The molecule has 1 aromatic rings. The molecule has 0 fully saturated rings. The lowest BCUT2D eigenvalue weighted by molar-refractivity contribution is -0.153. The number of aromatic hydroxyl groups is 1. The van der Waals surface area contributed by atoms with Crippen molar-refractivity contribution in [3.05, 3.63) is 27.7 Å². The van der Waals surface area contributed by atoms with E-state index < -0.39 is 12.1 Å². The van der Waals surface area contributed by atoms with Crippen LogP contribution in [0.2, 0.25) is 0 Å². The smallest absolute Gasteiger partial charge is 0.339 e. The monoisotopic (exact) mass is 288 g/mol. The minimum absolute atomic E-state index is 0.0147. The van der Waals surface area contributed by atoms with Gasteiger partial charge >= 0.3 is 5.97 Å². The highest BCUT2D eigenvalue weighted by atomic mass is 79.9. The van der Waals surface area contributed by atoms with E-state index in [2.05, 4.69) is 15.9 Å². The van der Waals surface area contributed by atoms with Gasteiger partial charge < -0.3 is 14.9 Å². The maximum Gasteiger partial charge on any atom is 0.339 e. The van der Waals surface area contributed by atoms with E-state index in [1.165, 1.54) is 0 Å². The average Bonchev–Trinajstić information content (AvgIpc) is 2.26. The highest BCUT2D eigenvalue weighted by Gasteiger charge is 2.22. The summed E-state index contributed by atoms with van der Waals surface area (Å²) in [4.78, 5) is 11.3. The van der Waals surface area contributed by atoms with Gasteiger partial charge in [-0.3, -0.25) is 0 Å². The molecular weight excluding hydrogens is 276 g/mol. The number of rotatable bonds is 3. The van der Waals surface area contributed by atoms with Gasteiger partial charge in [-0.1, -0.05) is 12.1 Å². The van der Waals surface area contributed by atoms with Gasteiger partial charge in [-0.05, 0) is 35.3 Å². The highest BCUT2D eigenvalue weighted by Crippen LogP contribution is 2.34. The van der Waals surface area contributed by atoms with Crippen molar-refractivity contribution in [3.63, 3.8) is 0 Å². The van der Waals surface area contributed by atoms with Crippen LogP contribution < -0.4 is 0 Å². The van der Waals surface area contributed by atoms with Crippen LogP contribution in [0, 0.1) is 6.92 Å². The molecule has 0 saturated carbocycles. The quantitative estimate of drug-likeness (QED) is 0.836. The van der Waals surface area contributed by atoms with E-state index >= 15 is 0 Å². The normalized spacial score (nSPS) is 12.2. The maximum atomic E-state index is 11.3. The van der Waals surface area contributed by atoms with Crippen molar-refractivity contribution in [2.75, 3.05) is 6.61 Å². The molecule has 0 aliphatic heterocycles. The lowest BCUT2D eigenvalue weighted by Crippen LogP contribution is -2.15. The van der Waals surface area contributed by atoms with Crippen LogP contribution >= 0.6 is 15.9 Å². The number of halogens is 1. The van der Waals surface area contributed by atoms with Gasteiger partial charge in [0, 0.05) is 5.56 Å². The van der Waals surface area contributed by atoms with Crippen molar-refractivity contribution >= 4 is 21.9 Å². The van der Waals surface area contributed by atoms with Crippen LogP contribution in [0.4, 0.5) is 0 Å². The molecule has 2 N–H and O–H groups in total. The van der Waals surface area contributed by atoms with E-state index in [4.69, 9.17) is 4.74 Å². The van der Waals surface area contributed by atoms with E-state index in [0.717, 1.165) is 0 Å². The Bertz CT molecular complexity index is 403. The molecule has 5 heteroatoms. The second-order valence-electron chi connectivity index (χ2n) is 3.29. The molecule has 1 unspecified atom stereocenters. The topological polar surface area (TPSA) is 66.8 Å². The molecule has 0 heterocycles. The van der Waals surface area contributed by atoms with Crippen LogP contribution in [0.25, 0.3) is 0 Å². The highest BCUT2D eigenvalue weighted by molar-refractivity contribution is 9.10. The van der Waals surface area contributed by atoms with Gasteiger partial charge in [-0.25, -0.2) is 4.79 Å². The summed E-state index contributed by atoms with van der Waals surface area (Å²) in [5.41, 5.74) is 0.952. The number of ether oxygens (including phenoxy) is 1. The molecule has 88 valence electrons. The molecule has 0 aliphatic rings. The molecular formula is C11H13BrO4. The maximum absolute atomic E-state index is 11.3. The second kappa shape index (κ2) is 5.32. The molecule has 0 saturated heterocycles. The number of carbonyl (C=O) groups is 1. The van der Waals surface area contributed by atoms with Crippen LogP contribution in [0.3, 0.4) is 0 Å². The fourth-order valence-electron chi connectivity index (χ4n) is 1.24. The predicted octanol–water partition coefficient (Wildman–Crippen LogP) is 2.06. The summed E-state index contributed by atoms with van der Waals surface area (Å²) in [5, 5.41) is 19.3. The fourth-order valence-corrected chi connectivity index (χ4v) is 1.90. The number of phenols is 1. The van der Waals surface area contributed by atoms with Crippen molar-refractivity contribution in [2.24, 2.45) is 0 Å². The Kier molecular flexibility index (Phi) is 4.32. The Morgan fingerprint density at radius 2 is 2.19 bits per heavy atom. The molecule has 1 aromatic carbocycles. The number of esters is 1. The Labute approximate surface area is 102 Å². The summed E-state index contributed by atoms with van der Waals surface area (Å²) in [7, 11) is 0. The van der Waals surface area contributed by atoms with Gasteiger partial charge in [0.25, 0.3) is 0 Å². The molecule has 0 aliphatic carbocycles. The Morgan fingerprint density at radius 3 is 2.75 bits per heavy atom. The number of aliphatic hydroxyl groups excluding tert-OH is 1. The number of aryl methyl sites for hydroxylation is 1. The van der Waals surface area contributed by atoms with E-state index in [0.29, 0.717) is 15.6 Å². The summed E-state index contributed by atoms with van der Waals surface area (Å²) in [6.45, 7) is 3.58. The zero-order valence-electron chi connectivity index (χ0n) is 9.03.